The highest BCUT2D eigenvalue weighted by Crippen LogP contribution is 2.26. The first-order chi connectivity index (χ1) is 17.3. The zero-order valence-corrected chi connectivity index (χ0v) is 20.5. The second kappa shape index (κ2) is 10.3. The smallest absolute Gasteiger partial charge is 0.385 e. The molecule has 8 nitrogen and oxygen atoms in total. The van der Waals surface area contributed by atoms with E-state index in [4.69, 9.17) is 23.2 Å². The SMILES string of the molecule is C[C@H](O)c1nc(Cn2cc(-c3ccc(Cl)cc3)n(CC(O)C(F)(F)F)c2=O)nn1-c1ccc(Cl)c(F)c1. The van der Waals surface area contributed by atoms with Gasteiger partial charge in [-0.1, -0.05) is 35.3 Å². The summed E-state index contributed by atoms with van der Waals surface area (Å²) < 4.78 is 56.3. The Kier molecular flexibility index (Phi) is 7.47. The van der Waals surface area contributed by atoms with Crippen molar-refractivity contribution in [3.8, 4) is 16.9 Å². The van der Waals surface area contributed by atoms with Crippen molar-refractivity contribution in [1.82, 2.24) is 23.9 Å². The van der Waals surface area contributed by atoms with Gasteiger partial charge in [0.2, 0.25) is 0 Å². The number of aliphatic hydroxyl groups is 2. The van der Waals surface area contributed by atoms with E-state index in [2.05, 4.69) is 10.1 Å². The summed E-state index contributed by atoms with van der Waals surface area (Å²) in [6.07, 6.45) is -7.56. The summed E-state index contributed by atoms with van der Waals surface area (Å²) in [6.45, 7) is 0.0752. The number of aromatic nitrogens is 5. The highest BCUT2D eigenvalue weighted by atomic mass is 35.5. The molecule has 0 amide bonds. The third-order valence-electron chi connectivity index (χ3n) is 5.43. The van der Waals surface area contributed by atoms with Gasteiger partial charge in [-0.25, -0.2) is 18.9 Å². The van der Waals surface area contributed by atoms with Crippen LogP contribution in [0.5, 0.6) is 0 Å². The molecule has 0 aliphatic heterocycles. The van der Waals surface area contributed by atoms with Crippen LogP contribution < -0.4 is 5.69 Å². The van der Waals surface area contributed by atoms with E-state index in [0.29, 0.717) is 10.6 Å². The summed E-state index contributed by atoms with van der Waals surface area (Å²) in [4.78, 5) is 17.3. The molecule has 0 fully saturated rings. The number of imidazole rings is 1. The number of benzene rings is 2. The Hall–Kier alpha value is -3.19. The number of hydrogen-bond donors (Lipinski definition) is 2. The van der Waals surface area contributed by atoms with Crippen LogP contribution in [0.1, 0.15) is 24.7 Å². The lowest BCUT2D eigenvalue weighted by molar-refractivity contribution is -0.207. The van der Waals surface area contributed by atoms with Crippen LogP contribution in [0.4, 0.5) is 17.6 Å². The molecule has 0 aliphatic carbocycles. The Bertz CT molecular complexity index is 1480. The van der Waals surface area contributed by atoms with Crippen molar-refractivity contribution in [2.75, 3.05) is 0 Å². The average Bonchev–Trinajstić information content (AvgIpc) is 3.38. The molecular weight excluding hydrogens is 541 g/mol. The lowest BCUT2D eigenvalue weighted by atomic mass is 10.1. The topological polar surface area (TPSA) is 98.1 Å². The normalized spacial score (nSPS) is 13.6. The fraction of sp³-hybridized carbons (Fsp3) is 0.261. The second-order valence-electron chi connectivity index (χ2n) is 8.17. The quantitative estimate of drug-likeness (QED) is 0.328. The highest BCUT2D eigenvalue weighted by Gasteiger charge is 2.39. The molecule has 196 valence electrons. The highest BCUT2D eigenvalue weighted by molar-refractivity contribution is 6.31. The maximum atomic E-state index is 14.0. The Morgan fingerprint density at radius 1 is 1.08 bits per heavy atom. The van der Waals surface area contributed by atoms with Gasteiger partial charge in [-0.3, -0.25) is 9.13 Å². The molecule has 0 aliphatic rings. The Morgan fingerprint density at radius 3 is 2.35 bits per heavy atom. The first-order valence-corrected chi connectivity index (χ1v) is 11.5. The first-order valence-electron chi connectivity index (χ1n) is 10.7. The minimum Gasteiger partial charge on any atom is -0.385 e. The molecule has 2 N–H and O–H groups in total. The van der Waals surface area contributed by atoms with Crippen LogP contribution in [0, 0.1) is 5.82 Å². The molecule has 0 saturated heterocycles. The van der Waals surface area contributed by atoms with Gasteiger partial charge in [0.15, 0.2) is 17.8 Å². The van der Waals surface area contributed by atoms with Crippen molar-refractivity contribution in [2.24, 2.45) is 0 Å². The van der Waals surface area contributed by atoms with E-state index in [1.807, 2.05) is 0 Å². The molecule has 4 aromatic rings. The van der Waals surface area contributed by atoms with Crippen LogP contribution in [0.2, 0.25) is 10.0 Å². The molecule has 0 saturated carbocycles. The van der Waals surface area contributed by atoms with E-state index >= 15 is 0 Å². The first kappa shape index (κ1) is 26.9. The van der Waals surface area contributed by atoms with Gasteiger partial charge in [0, 0.05) is 17.3 Å². The van der Waals surface area contributed by atoms with Crippen molar-refractivity contribution >= 4 is 23.2 Å². The van der Waals surface area contributed by atoms with Crippen LogP contribution in [0.3, 0.4) is 0 Å². The molecule has 2 aromatic heterocycles. The molecule has 2 atom stereocenters. The summed E-state index contributed by atoms with van der Waals surface area (Å²) in [5.41, 5.74) is -0.174. The minimum atomic E-state index is -4.95. The van der Waals surface area contributed by atoms with Crippen molar-refractivity contribution in [2.45, 2.75) is 38.4 Å². The van der Waals surface area contributed by atoms with Gasteiger partial charge in [0.1, 0.15) is 11.9 Å². The molecule has 37 heavy (non-hydrogen) atoms. The maximum Gasteiger partial charge on any atom is 0.416 e. The fourth-order valence-corrected chi connectivity index (χ4v) is 3.86. The monoisotopic (exact) mass is 559 g/mol. The lowest BCUT2D eigenvalue weighted by Crippen LogP contribution is -2.37. The summed E-state index contributed by atoms with van der Waals surface area (Å²) in [7, 11) is 0. The van der Waals surface area contributed by atoms with E-state index in [-0.39, 0.29) is 34.6 Å². The van der Waals surface area contributed by atoms with E-state index < -0.39 is 36.4 Å². The van der Waals surface area contributed by atoms with Gasteiger partial charge in [-0.2, -0.15) is 13.2 Å². The number of aliphatic hydroxyl groups excluding tert-OH is 2. The number of hydrogen-bond acceptors (Lipinski definition) is 5. The van der Waals surface area contributed by atoms with Gasteiger partial charge < -0.3 is 10.2 Å². The Labute approximate surface area is 216 Å². The second-order valence-corrected chi connectivity index (χ2v) is 9.02. The molecule has 2 aromatic carbocycles. The average molecular weight is 560 g/mol. The zero-order chi connectivity index (χ0) is 27.1. The standard InChI is InChI=1S/C23H19Cl2F4N5O3/c1-12(35)21-30-20(31-34(21)15-6-7-16(25)17(26)8-15)11-32-9-18(13-2-4-14(24)5-3-13)33(22(32)37)10-19(36)23(27,28)29/h2-9,12,19,35-36H,10-11H2,1H3/t12-,19?/m0/s1. The van der Waals surface area contributed by atoms with E-state index in [0.717, 1.165) is 15.2 Å². The third-order valence-corrected chi connectivity index (χ3v) is 5.99. The van der Waals surface area contributed by atoms with Gasteiger partial charge in [0.25, 0.3) is 0 Å². The van der Waals surface area contributed by atoms with Gasteiger partial charge in [0.05, 0.1) is 29.5 Å². The molecule has 2 heterocycles. The summed E-state index contributed by atoms with van der Waals surface area (Å²) in [6, 6.07) is 9.90. The Balaban J connectivity index is 1.77. The van der Waals surface area contributed by atoms with Gasteiger partial charge in [-0.15, -0.1) is 5.10 Å². The van der Waals surface area contributed by atoms with Crippen LogP contribution in [-0.4, -0.2) is 46.4 Å². The van der Waals surface area contributed by atoms with Crippen LogP contribution >= 0.6 is 23.2 Å². The van der Waals surface area contributed by atoms with E-state index in [9.17, 15) is 32.6 Å². The summed E-state index contributed by atoms with van der Waals surface area (Å²) in [5.74, 6) is -0.670. The predicted octanol–water partition coefficient (Wildman–Crippen LogP) is 4.37. The largest absolute Gasteiger partial charge is 0.416 e. The van der Waals surface area contributed by atoms with Crippen molar-refractivity contribution < 1.29 is 27.8 Å². The maximum absolute atomic E-state index is 14.0. The van der Waals surface area contributed by atoms with Crippen molar-refractivity contribution in [3.05, 3.63) is 86.7 Å². The molecular formula is C23H19Cl2F4N5O3. The number of rotatable bonds is 7. The number of nitrogens with zero attached hydrogens (tertiary/aromatic N) is 5. The molecule has 0 spiro atoms. The molecule has 0 radical (unpaired) electrons. The van der Waals surface area contributed by atoms with Gasteiger partial charge >= 0.3 is 11.9 Å². The van der Waals surface area contributed by atoms with E-state index in [1.165, 1.54) is 54.2 Å². The van der Waals surface area contributed by atoms with Crippen LogP contribution in [-0.2, 0) is 13.1 Å². The molecule has 4 rings (SSSR count). The fourth-order valence-electron chi connectivity index (χ4n) is 3.61. The summed E-state index contributed by atoms with van der Waals surface area (Å²) in [5, 5.41) is 24.3. The molecule has 0 bridgehead atoms. The predicted molar refractivity (Wildman–Crippen MR) is 127 cm³/mol. The number of halogens is 6. The zero-order valence-electron chi connectivity index (χ0n) is 19.0. The number of alkyl halides is 3. The van der Waals surface area contributed by atoms with Gasteiger partial charge in [-0.05, 0) is 36.8 Å². The minimum absolute atomic E-state index is 0.0181. The third kappa shape index (κ3) is 5.72. The summed E-state index contributed by atoms with van der Waals surface area (Å²) >= 11 is 11.6. The molecule has 1 unspecified atom stereocenters. The lowest BCUT2D eigenvalue weighted by Gasteiger charge is -2.16. The van der Waals surface area contributed by atoms with Crippen LogP contribution in [0.25, 0.3) is 16.9 Å². The van der Waals surface area contributed by atoms with Crippen LogP contribution in [0.15, 0.2) is 53.5 Å². The Morgan fingerprint density at radius 2 is 1.76 bits per heavy atom. The van der Waals surface area contributed by atoms with Crippen molar-refractivity contribution in [1.29, 1.82) is 0 Å². The van der Waals surface area contributed by atoms with Crippen molar-refractivity contribution in [3.63, 3.8) is 0 Å². The molecule has 14 heteroatoms. The van der Waals surface area contributed by atoms with E-state index in [1.54, 1.807) is 0 Å².